The van der Waals surface area contributed by atoms with Gasteiger partial charge in [-0.3, -0.25) is 0 Å². The number of hydrogen-bond donors (Lipinski definition) is 3. The van der Waals surface area contributed by atoms with E-state index in [0.717, 1.165) is 6.39 Å². The standard InChI is InChI=1S/C9H14N4O5/c1-17-3-2-6(8(14)15)12-9(16)10-4-7-11-5-18-13-7/h5-6H,2-4H2,1H3,(H,14,15)(H2,10,12,16). The second-order valence-corrected chi connectivity index (χ2v) is 3.35. The monoisotopic (exact) mass is 258 g/mol. The molecular formula is C9H14N4O5. The number of hydrogen-bond acceptors (Lipinski definition) is 6. The number of nitrogens with one attached hydrogen (secondary N) is 2. The number of methoxy groups -OCH3 is 1. The van der Waals surface area contributed by atoms with E-state index in [1.54, 1.807) is 0 Å². The Hall–Kier alpha value is -2.16. The molecule has 0 saturated heterocycles. The predicted molar refractivity (Wildman–Crippen MR) is 57.6 cm³/mol. The molecule has 0 aliphatic carbocycles. The highest BCUT2D eigenvalue weighted by molar-refractivity contribution is 5.82. The van der Waals surface area contributed by atoms with Crippen molar-refractivity contribution in [3.05, 3.63) is 12.2 Å². The Balaban J connectivity index is 2.34. The minimum Gasteiger partial charge on any atom is -0.480 e. The number of ether oxygens (including phenoxy) is 1. The summed E-state index contributed by atoms with van der Waals surface area (Å²) in [5.74, 6) is -0.823. The first kappa shape index (κ1) is 13.9. The molecule has 18 heavy (non-hydrogen) atoms. The van der Waals surface area contributed by atoms with E-state index in [0.29, 0.717) is 5.82 Å². The highest BCUT2D eigenvalue weighted by atomic mass is 16.5. The van der Waals surface area contributed by atoms with Gasteiger partial charge in [-0.15, -0.1) is 0 Å². The predicted octanol–water partition coefficient (Wildman–Crippen LogP) is -0.641. The van der Waals surface area contributed by atoms with Crippen molar-refractivity contribution in [2.24, 2.45) is 0 Å². The summed E-state index contributed by atoms with van der Waals surface area (Å²) in [5.41, 5.74) is 0. The number of amides is 2. The molecule has 1 heterocycles. The lowest BCUT2D eigenvalue weighted by Gasteiger charge is -2.14. The number of urea groups is 1. The van der Waals surface area contributed by atoms with Crippen LogP contribution in [-0.2, 0) is 16.1 Å². The molecule has 0 aliphatic rings. The zero-order valence-corrected chi connectivity index (χ0v) is 9.75. The van der Waals surface area contributed by atoms with Crippen LogP contribution in [0.4, 0.5) is 4.79 Å². The molecule has 9 nitrogen and oxygen atoms in total. The van der Waals surface area contributed by atoms with Gasteiger partial charge in [-0.1, -0.05) is 5.16 Å². The Labute approximate surface area is 103 Å². The van der Waals surface area contributed by atoms with Gasteiger partial charge in [-0.2, -0.15) is 4.98 Å². The molecule has 1 atom stereocenters. The molecule has 2 amide bonds. The highest BCUT2D eigenvalue weighted by Gasteiger charge is 2.19. The Morgan fingerprint density at radius 2 is 2.39 bits per heavy atom. The van der Waals surface area contributed by atoms with Gasteiger partial charge in [0.1, 0.15) is 6.04 Å². The summed E-state index contributed by atoms with van der Waals surface area (Å²) in [5, 5.41) is 17.1. The maximum Gasteiger partial charge on any atom is 0.326 e. The Bertz CT molecular complexity index is 380. The minimum atomic E-state index is -1.12. The molecule has 0 saturated carbocycles. The average molecular weight is 258 g/mol. The van der Waals surface area contributed by atoms with Crippen molar-refractivity contribution in [3.63, 3.8) is 0 Å². The number of aliphatic carboxylic acids is 1. The summed E-state index contributed by atoms with van der Waals surface area (Å²) in [6, 6.07) is -1.63. The third-order valence-corrected chi connectivity index (χ3v) is 2.03. The number of carboxylic acids is 1. The van der Waals surface area contributed by atoms with Gasteiger partial charge in [0.15, 0.2) is 5.82 Å². The van der Waals surface area contributed by atoms with Gasteiger partial charge in [0, 0.05) is 20.1 Å². The van der Waals surface area contributed by atoms with E-state index in [1.807, 2.05) is 0 Å². The lowest BCUT2D eigenvalue weighted by molar-refractivity contribution is -0.139. The van der Waals surface area contributed by atoms with E-state index >= 15 is 0 Å². The molecule has 0 spiro atoms. The summed E-state index contributed by atoms with van der Waals surface area (Å²) in [6.07, 6.45) is 1.31. The van der Waals surface area contributed by atoms with Crippen molar-refractivity contribution in [1.29, 1.82) is 0 Å². The van der Waals surface area contributed by atoms with Gasteiger partial charge < -0.3 is 25.0 Å². The maximum absolute atomic E-state index is 11.4. The Morgan fingerprint density at radius 1 is 1.61 bits per heavy atom. The first-order valence-electron chi connectivity index (χ1n) is 5.15. The fourth-order valence-electron chi connectivity index (χ4n) is 1.13. The Morgan fingerprint density at radius 3 is 2.94 bits per heavy atom. The van der Waals surface area contributed by atoms with Crippen molar-refractivity contribution in [1.82, 2.24) is 20.8 Å². The van der Waals surface area contributed by atoms with Crippen LogP contribution in [0.2, 0.25) is 0 Å². The normalized spacial score (nSPS) is 11.8. The molecular weight excluding hydrogens is 244 g/mol. The molecule has 0 aliphatic heterocycles. The van der Waals surface area contributed by atoms with E-state index in [1.165, 1.54) is 7.11 Å². The lowest BCUT2D eigenvalue weighted by atomic mass is 10.2. The zero-order valence-electron chi connectivity index (χ0n) is 9.75. The van der Waals surface area contributed by atoms with E-state index < -0.39 is 18.0 Å². The molecule has 100 valence electrons. The van der Waals surface area contributed by atoms with Crippen LogP contribution in [0.25, 0.3) is 0 Å². The van der Waals surface area contributed by atoms with Crippen molar-refractivity contribution in [2.45, 2.75) is 19.0 Å². The molecule has 1 aromatic rings. The van der Waals surface area contributed by atoms with Crippen molar-refractivity contribution in [3.8, 4) is 0 Å². The van der Waals surface area contributed by atoms with Crippen LogP contribution in [0.1, 0.15) is 12.2 Å². The van der Waals surface area contributed by atoms with Crippen LogP contribution in [0.5, 0.6) is 0 Å². The van der Waals surface area contributed by atoms with Crippen LogP contribution in [-0.4, -0.2) is 47.0 Å². The molecule has 9 heteroatoms. The number of carboxylic acid groups (broad SMARTS) is 1. The van der Waals surface area contributed by atoms with Crippen LogP contribution < -0.4 is 10.6 Å². The van der Waals surface area contributed by atoms with E-state index in [2.05, 4.69) is 25.3 Å². The van der Waals surface area contributed by atoms with E-state index in [9.17, 15) is 9.59 Å². The summed E-state index contributed by atoms with van der Waals surface area (Å²) in [4.78, 5) is 25.9. The maximum atomic E-state index is 11.4. The SMILES string of the molecule is COCCC(NC(=O)NCc1ncon1)C(=O)O. The van der Waals surface area contributed by atoms with E-state index in [4.69, 9.17) is 9.84 Å². The second kappa shape index (κ2) is 7.22. The number of nitrogens with zero attached hydrogens (tertiary/aromatic N) is 2. The summed E-state index contributed by atoms with van der Waals surface area (Å²) in [6.45, 7) is 0.293. The van der Waals surface area contributed by atoms with Gasteiger partial charge in [0.2, 0.25) is 6.39 Å². The van der Waals surface area contributed by atoms with Crippen LogP contribution in [0.3, 0.4) is 0 Å². The average Bonchev–Trinajstić information content (AvgIpc) is 2.84. The number of aromatic nitrogens is 2. The quantitative estimate of drug-likeness (QED) is 0.593. The molecule has 3 N–H and O–H groups in total. The van der Waals surface area contributed by atoms with E-state index in [-0.39, 0.29) is 19.6 Å². The summed E-state index contributed by atoms with van der Waals surface area (Å²) in [7, 11) is 1.45. The van der Waals surface area contributed by atoms with Gasteiger partial charge in [-0.05, 0) is 0 Å². The van der Waals surface area contributed by atoms with Crippen molar-refractivity contribution in [2.75, 3.05) is 13.7 Å². The zero-order chi connectivity index (χ0) is 13.4. The molecule has 0 aromatic carbocycles. The smallest absolute Gasteiger partial charge is 0.326 e. The number of rotatable bonds is 7. The molecule has 1 aromatic heterocycles. The van der Waals surface area contributed by atoms with Crippen LogP contribution in [0, 0.1) is 0 Å². The topological polar surface area (TPSA) is 127 Å². The van der Waals surface area contributed by atoms with Crippen LogP contribution >= 0.6 is 0 Å². The fourth-order valence-corrected chi connectivity index (χ4v) is 1.13. The lowest BCUT2D eigenvalue weighted by Crippen LogP contribution is -2.46. The van der Waals surface area contributed by atoms with Gasteiger partial charge in [-0.25, -0.2) is 9.59 Å². The van der Waals surface area contributed by atoms with Gasteiger partial charge in [0.05, 0.1) is 6.54 Å². The summed E-state index contributed by atoms with van der Waals surface area (Å²) < 4.78 is 9.23. The Kier molecular flexibility index (Phi) is 5.58. The molecule has 0 radical (unpaired) electrons. The molecule has 0 bridgehead atoms. The van der Waals surface area contributed by atoms with Crippen molar-refractivity contribution >= 4 is 12.0 Å². The first-order valence-corrected chi connectivity index (χ1v) is 5.15. The molecule has 0 fully saturated rings. The summed E-state index contributed by atoms with van der Waals surface area (Å²) >= 11 is 0. The number of carbonyl (C=O) groups is 2. The highest BCUT2D eigenvalue weighted by Crippen LogP contribution is 1.93. The number of carbonyl (C=O) groups excluding carboxylic acids is 1. The third-order valence-electron chi connectivity index (χ3n) is 2.03. The van der Waals surface area contributed by atoms with Gasteiger partial charge >= 0.3 is 12.0 Å². The molecule has 1 unspecified atom stereocenters. The first-order chi connectivity index (χ1) is 8.63. The minimum absolute atomic E-state index is 0.0545. The van der Waals surface area contributed by atoms with Gasteiger partial charge in [0.25, 0.3) is 0 Å². The van der Waals surface area contributed by atoms with Crippen LogP contribution in [0.15, 0.2) is 10.9 Å². The van der Waals surface area contributed by atoms with Crippen molar-refractivity contribution < 1.29 is 24.0 Å². The molecule has 1 rings (SSSR count). The second-order valence-electron chi connectivity index (χ2n) is 3.35. The third kappa shape index (κ3) is 4.78. The largest absolute Gasteiger partial charge is 0.480 e. The fraction of sp³-hybridized carbons (Fsp3) is 0.556.